The highest BCUT2D eigenvalue weighted by molar-refractivity contribution is 5.35. The average molecular weight is 783 g/mol. The van der Waals surface area contributed by atoms with Gasteiger partial charge in [0.05, 0.1) is 33.0 Å². The lowest BCUT2D eigenvalue weighted by Crippen LogP contribution is -2.04. The smallest absolute Gasteiger partial charge is 0.204 e. The predicted octanol–water partition coefficient (Wildman–Crippen LogP) is 12.4. The van der Waals surface area contributed by atoms with Gasteiger partial charge in [0.25, 0.3) is 0 Å². The zero-order chi connectivity index (χ0) is 40.0. The molecule has 0 aromatic heterocycles. The van der Waals surface area contributed by atoms with Gasteiger partial charge in [0.1, 0.15) is 11.5 Å². The fourth-order valence-corrected chi connectivity index (χ4v) is 6.37. The van der Waals surface area contributed by atoms with E-state index in [9.17, 15) is 22.7 Å². The summed E-state index contributed by atoms with van der Waals surface area (Å²) in [7, 11) is 0. The molecule has 4 rings (SSSR count). The fraction of sp³-hybridized carbons (Fsp3) is 0.478. The van der Waals surface area contributed by atoms with Crippen molar-refractivity contribution in [3.63, 3.8) is 0 Å². The zero-order valence-electron chi connectivity index (χ0n) is 32.9. The number of phenols is 1. The summed E-state index contributed by atoms with van der Waals surface area (Å²) in [4.78, 5) is 0. The Morgan fingerprint density at radius 3 is 1.30 bits per heavy atom. The third-order valence-corrected chi connectivity index (χ3v) is 9.64. The van der Waals surface area contributed by atoms with Gasteiger partial charge >= 0.3 is 0 Å². The van der Waals surface area contributed by atoms with E-state index < -0.39 is 29.0 Å². The first-order valence-electron chi connectivity index (χ1n) is 20.2. The zero-order valence-corrected chi connectivity index (χ0v) is 32.9. The lowest BCUT2D eigenvalue weighted by molar-refractivity contribution is 0.278. The van der Waals surface area contributed by atoms with Crippen molar-refractivity contribution in [3.05, 3.63) is 107 Å². The SMILES string of the molecule is CCOc1ccc(OCCCc2ccc(OCCCCCCC(C)CCCCCCOc3ccc(CCCOc4ccc(O)c(F)c4F)cc3)cc2)c(F)c1F. The Bertz CT molecular complexity index is 1700. The van der Waals surface area contributed by atoms with E-state index in [2.05, 4.69) is 6.92 Å². The van der Waals surface area contributed by atoms with Crippen LogP contribution in [0, 0.1) is 29.2 Å². The van der Waals surface area contributed by atoms with E-state index in [1.54, 1.807) is 6.92 Å². The minimum atomic E-state index is -1.30. The van der Waals surface area contributed by atoms with Gasteiger partial charge in [-0.3, -0.25) is 0 Å². The van der Waals surface area contributed by atoms with E-state index in [-0.39, 0.29) is 37.1 Å². The molecule has 0 saturated heterocycles. The van der Waals surface area contributed by atoms with Crippen molar-refractivity contribution < 1.29 is 46.4 Å². The van der Waals surface area contributed by atoms with Crippen LogP contribution in [0.3, 0.4) is 0 Å². The Labute approximate surface area is 330 Å². The van der Waals surface area contributed by atoms with Crippen molar-refractivity contribution >= 4 is 0 Å². The number of phenolic OH excluding ortho intramolecular Hbond substituents is 1. The van der Waals surface area contributed by atoms with Gasteiger partial charge in [-0.1, -0.05) is 82.6 Å². The largest absolute Gasteiger partial charge is 0.505 e. The number of hydrogen-bond donors (Lipinski definition) is 1. The second kappa shape index (κ2) is 24.8. The summed E-state index contributed by atoms with van der Waals surface area (Å²) in [6.07, 6.45) is 14.7. The van der Waals surface area contributed by atoms with E-state index in [0.29, 0.717) is 26.1 Å². The number of aromatic hydroxyl groups is 1. The highest BCUT2D eigenvalue weighted by atomic mass is 19.2. The molecular formula is C46H58F4O6. The summed E-state index contributed by atoms with van der Waals surface area (Å²) in [6, 6.07) is 21.1. The maximum absolute atomic E-state index is 14.2. The van der Waals surface area contributed by atoms with Crippen LogP contribution in [-0.4, -0.2) is 38.1 Å². The maximum atomic E-state index is 14.2. The van der Waals surface area contributed by atoms with Gasteiger partial charge in [0.15, 0.2) is 23.0 Å². The maximum Gasteiger partial charge on any atom is 0.204 e. The Morgan fingerprint density at radius 1 is 0.446 bits per heavy atom. The summed E-state index contributed by atoms with van der Waals surface area (Å²) in [5.41, 5.74) is 2.25. The van der Waals surface area contributed by atoms with E-state index in [4.69, 9.17) is 23.7 Å². The Hall–Kier alpha value is -4.60. The summed E-state index contributed by atoms with van der Waals surface area (Å²) in [6.45, 7) is 6.25. The fourth-order valence-electron chi connectivity index (χ4n) is 6.37. The lowest BCUT2D eigenvalue weighted by atomic mass is 9.96. The van der Waals surface area contributed by atoms with E-state index in [1.165, 1.54) is 56.7 Å². The number of aryl methyl sites for hydroxylation is 2. The third kappa shape index (κ3) is 15.5. The second-order valence-corrected chi connectivity index (χ2v) is 14.2. The first kappa shape index (κ1) is 44.1. The number of benzene rings is 4. The molecule has 6 nitrogen and oxygen atoms in total. The first-order valence-corrected chi connectivity index (χ1v) is 20.2. The van der Waals surface area contributed by atoms with Gasteiger partial charge in [-0.05, 0) is 111 Å². The Balaban J connectivity index is 0.926. The molecule has 0 radical (unpaired) electrons. The lowest BCUT2D eigenvalue weighted by Gasteiger charge is -2.12. The highest BCUT2D eigenvalue weighted by Gasteiger charge is 2.16. The molecule has 4 aromatic carbocycles. The van der Waals surface area contributed by atoms with Crippen molar-refractivity contribution in [2.45, 2.75) is 104 Å². The molecule has 56 heavy (non-hydrogen) atoms. The molecular weight excluding hydrogens is 724 g/mol. The van der Waals surface area contributed by atoms with Crippen LogP contribution in [0.15, 0.2) is 72.8 Å². The highest BCUT2D eigenvalue weighted by Crippen LogP contribution is 2.29. The molecule has 0 fully saturated rings. The summed E-state index contributed by atoms with van der Waals surface area (Å²) < 4.78 is 83.1. The van der Waals surface area contributed by atoms with Crippen molar-refractivity contribution in [1.82, 2.24) is 0 Å². The van der Waals surface area contributed by atoms with Crippen LogP contribution in [0.5, 0.6) is 34.5 Å². The van der Waals surface area contributed by atoms with Crippen LogP contribution in [-0.2, 0) is 12.8 Å². The molecule has 0 bridgehead atoms. The molecule has 4 aromatic rings. The summed E-state index contributed by atoms with van der Waals surface area (Å²) in [5, 5.41) is 9.21. The monoisotopic (exact) mass is 782 g/mol. The van der Waals surface area contributed by atoms with Gasteiger partial charge in [-0.25, -0.2) is 0 Å². The molecule has 1 atom stereocenters. The van der Waals surface area contributed by atoms with Gasteiger partial charge in [0.2, 0.25) is 23.3 Å². The Morgan fingerprint density at radius 2 is 0.839 bits per heavy atom. The summed E-state index contributed by atoms with van der Waals surface area (Å²) >= 11 is 0. The third-order valence-electron chi connectivity index (χ3n) is 9.64. The van der Waals surface area contributed by atoms with Crippen LogP contribution in [0.4, 0.5) is 17.6 Å². The van der Waals surface area contributed by atoms with Crippen molar-refractivity contribution in [1.29, 1.82) is 0 Å². The van der Waals surface area contributed by atoms with Crippen LogP contribution in [0.1, 0.15) is 102 Å². The van der Waals surface area contributed by atoms with Gasteiger partial charge in [-0.15, -0.1) is 0 Å². The molecule has 0 spiro atoms. The number of unbranched alkanes of at least 4 members (excludes halogenated alkanes) is 6. The minimum absolute atomic E-state index is 0.106. The molecule has 306 valence electrons. The topological polar surface area (TPSA) is 66.4 Å². The van der Waals surface area contributed by atoms with Crippen molar-refractivity contribution in [2.75, 3.05) is 33.0 Å². The molecule has 10 heteroatoms. The van der Waals surface area contributed by atoms with Crippen molar-refractivity contribution in [2.24, 2.45) is 5.92 Å². The van der Waals surface area contributed by atoms with E-state index in [1.807, 2.05) is 48.5 Å². The van der Waals surface area contributed by atoms with Crippen LogP contribution in [0.25, 0.3) is 0 Å². The standard InChI is InChI=1S/C46H58F4O6/c1-3-52-40-28-29-42(46(50)45(40)49)56-33-13-17-36-20-24-38(25-21-36)54-31-11-7-5-9-15-34(2)14-8-4-6-10-30-53-37-22-18-35(19-23-37)16-12-32-55-41-27-26-39(51)43(47)44(41)48/h18-29,34,51H,3-17,30-33H2,1-2H3. The predicted molar refractivity (Wildman–Crippen MR) is 212 cm³/mol. The molecule has 1 N–H and O–H groups in total. The molecule has 0 saturated carbocycles. The summed E-state index contributed by atoms with van der Waals surface area (Å²) in [5.74, 6) is -3.22. The minimum Gasteiger partial charge on any atom is -0.505 e. The Kier molecular flexibility index (Phi) is 19.6. The average Bonchev–Trinajstić information content (AvgIpc) is 3.20. The van der Waals surface area contributed by atoms with Gasteiger partial charge in [0, 0.05) is 0 Å². The van der Waals surface area contributed by atoms with Gasteiger partial charge < -0.3 is 28.8 Å². The van der Waals surface area contributed by atoms with E-state index in [0.717, 1.165) is 73.1 Å². The quantitative estimate of drug-likeness (QED) is 0.0457. The van der Waals surface area contributed by atoms with E-state index >= 15 is 0 Å². The van der Waals surface area contributed by atoms with Crippen molar-refractivity contribution in [3.8, 4) is 34.5 Å². The van der Waals surface area contributed by atoms with Gasteiger partial charge in [-0.2, -0.15) is 17.6 Å². The molecule has 0 aliphatic carbocycles. The van der Waals surface area contributed by atoms with Crippen LogP contribution in [0.2, 0.25) is 0 Å². The number of hydrogen-bond acceptors (Lipinski definition) is 6. The molecule has 0 amide bonds. The number of ether oxygens (including phenoxy) is 5. The van der Waals surface area contributed by atoms with Crippen LogP contribution < -0.4 is 23.7 Å². The normalized spacial score (nSPS) is 11.7. The number of halogens is 4. The number of rotatable bonds is 28. The van der Waals surface area contributed by atoms with Crippen LogP contribution >= 0.6 is 0 Å². The molecule has 0 aliphatic rings. The molecule has 0 aliphatic heterocycles. The molecule has 0 heterocycles. The second-order valence-electron chi connectivity index (χ2n) is 14.2. The first-order chi connectivity index (χ1) is 27.2. The molecule has 1 unspecified atom stereocenters.